The molecule has 1 aliphatic heterocycles. The maximum atomic E-state index is 11.4. The first-order valence-corrected chi connectivity index (χ1v) is 7.06. The van der Waals surface area contributed by atoms with Crippen LogP contribution in [0.1, 0.15) is 34.6 Å². The van der Waals surface area contributed by atoms with Crippen LogP contribution in [-0.4, -0.2) is 54.5 Å². The molecule has 0 aromatic rings. The first-order valence-electron chi connectivity index (χ1n) is 7.06. The van der Waals surface area contributed by atoms with Gasteiger partial charge in [0.25, 0.3) is 0 Å². The maximum absolute atomic E-state index is 11.4. The van der Waals surface area contributed by atoms with Crippen molar-refractivity contribution in [2.24, 2.45) is 0 Å². The normalized spacial score (nSPS) is 30.0. The van der Waals surface area contributed by atoms with E-state index in [9.17, 15) is 19.2 Å². The topological polar surface area (TPSA) is 117 Å². The van der Waals surface area contributed by atoms with E-state index in [0.29, 0.717) is 0 Å². The molecule has 0 bridgehead atoms. The van der Waals surface area contributed by atoms with Gasteiger partial charge in [-0.2, -0.15) is 0 Å². The zero-order valence-corrected chi connectivity index (χ0v) is 13.7. The van der Waals surface area contributed by atoms with Crippen molar-refractivity contribution in [2.75, 3.05) is 0 Å². The fourth-order valence-electron chi connectivity index (χ4n) is 2.34. The summed E-state index contributed by atoms with van der Waals surface area (Å²) in [7, 11) is 0. The number of ether oxygens (including phenoxy) is 4. The molecular formula is C14H21NO8. The summed E-state index contributed by atoms with van der Waals surface area (Å²) in [5.41, 5.74) is 0. The lowest BCUT2D eigenvalue weighted by Crippen LogP contribution is -2.65. The summed E-state index contributed by atoms with van der Waals surface area (Å²) >= 11 is 0. The molecule has 1 rings (SSSR count). The second-order valence-corrected chi connectivity index (χ2v) is 5.19. The Morgan fingerprint density at radius 1 is 0.826 bits per heavy atom. The Morgan fingerprint density at radius 2 is 1.30 bits per heavy atom. The molecule has 1 aliphatic rings. The molecule has 130 valence electrons. The van der Waals surface area contributed by atoms with Crippen molar-refractivity contribution in [2.45, 2.75) is 65.3 Å². The molecule has 0 aliphatic carbocycles. The molecule has 1 heterocycles. The molecular weight excluding hydrogens is 310 g/mol. The van der Waals surface area contributed by atoms with E-state index in [1.165, 1.54) is 27.7 Å². The fourth-order valence-corrected chi connectivity index (χ4v) is 2.34. The molecule has 23 heavy (non-hydrogen) atoms. The molecule has 1 fully saturated rings. The second-order valence-electron chi connectivity index (χ2n) is 5.19. The van der Waals surface area contributed by atoms with Crippen LogP contribution in [0.3, 0.4) is 0 Å². The van der Waals surface area contributed by atoms with Crippen molar-refractivity contribution in [3.05, 3.63) is 0 Å². The van der Waals surface area contributed by atoms with Crippen molar-refractivity contribution < 1.29 is 38.1 Å². The summed E-state index contributed by atoms with van der Waals surface area (Å²) < 4.78 is 20.9. The van der Waals surface area contributed by atoms with Gasteiger partial charge >= 0.3 is 17.9 Å². The minimum absolute atomic E-state index is 0.455. The lowest BCUT2D eigenvalue weighted by Gasteiger charge is -2.43. The van der Waals surface area contributed by atoms with Crippen LogP contribution < -0.4 is 5.32 Å². The highest BCUT2D eigenvalue weighted by atomic mass is 16.7. The van der Waals surface area contributed by atoms with Gasteiger partial charge < -0.3 is 24.3 Å². The first kappa shape index (κ1) is 18.9. The average Bonchev–Trinajstić information content (AvgIpc) is 2.36. The van der Waals surface area contributed by atoms with Crippen molar-refractivity contribution in [3.8, 4) is 0 Å². The van der Waals surface area contributed by atoms with Crippen LogP contribution in [0.5, 0.6) is 0 Å². The largest absolute Gasteiger partial charge is 0.456 e. The highest BCUT2D eigenvalue weighted by Gasteiger charge is 2.50. The summed E-state index contributed by atoms with van der Waals surface area (Å²) in [5.74, 6) is -2.33. The standard InChI is InChI=1S/C14H21NO8/c1-6-12(21-8(3)17)13(22-9(4)18)11(15-7(2)16)14(20-6)23-10(5)19/h6,11-14H,1-5H3,(H,15,16)/t6-,11-,12+,13-,14-/m0/s1. The number of nitrogens with one attached hydrogen (secondary N) is 1. The Hall–Kier alpha value is -2.16. The van der Waals surface area contributed by atoms with Crippen LogP contribution in [0.15, 0.2) is 0 Å². The average molecular weight is 331 g/mol. The Bertz CT molecular complexity index is 491. The monoisotopic (exact) mass is 331 g/mol. The van der Waals surface area contributed by atoms with E-state index in [1.54, 1.807) is 6.92 Å². The smallest absolute Gasteiger partial charge is 0.305 e. The first-order chi connectivity index (χ1) is 10.6. The Morgan fingerprint density at radius 3 is 1.74 bits per heavy atom. The predicted octanol–water partition coefficient (Wildman–Crippen LogP) is -0.338. The summed E-state index contributed by atoms with van der Waals surface area (Å²) in [6.07, 6.45) is -3.92. The van der Waals surface area contributed by atoms with Crippen molar-refractivity contribution >= 4 is 23.8 Å². The summed E-state index contributed by atoms with van der Waals surface area (Å²) in [4.78, 5) is 45.3. The molecule has 0 aromatic carbocycles. The van der Waals surface area contributed by atoms with Gasteiger partial charge in [0.05, 0.1) is 6.10 Å². The number of carbonyl (C=O) groups excluding carboxylic acids is 4. The number of carbonyl (C=O) groups is 4. The molecule has 9 heteroatoms. The molecule has 0 radical (unpaired) electrons. The van der Waals surface area contributed by atoms with Crippen molar-refractivity contribution in [1.29, 1.82) is 0 Å². The quantitative estimate of drug-likeness (QED) is 0.549. The third-order valence-electron chi connectivity index (χ3n) is 3.04. The predicted molar refractivity (Wildman–Crippen MR) is 74.8 cm³/mol. The number of hydrogen-bond donors (Lipinski definition) is 1. The van der Waals surface area contributed by atoms with Crippen LogP contribution >= 0.6 is 0 Å². The number of esters is 3. The van der Waals surface area contributed by atoms with Gasteiger partial charge in [0, 0.05) is 27.7 Å². The van der Waals surface area contributed by atoms with Gasteiger partial charge in [0.1, 0.15) is 6.04 Å². The number of rotatable bonds is 4. The van der Waals surface area contributed by atoms with Crippen molar-refractivity contribution in [3.63, 3.8) is 0 Å². The van der Waals surface area contributed by atoms with Gasteiger partial charge in [0.2, 0.25) is 12.2 Å². The number of hydrogen-bond acceptors (Lipinski definition) is 8. The van der Waals surface area contributed by atoms with Gasteiger partial charge in [0.15, 0.2) is 12.2 Å². The van der Waals surface area contributed by atoms with Gasteiger partial charge in [-0.3, -0.25) is 19.2 Å². The summed E-state index contributed by atoms with van der Waals surface area (Å²) in [6.45, 7) is 6.37. The molecule has 9 nitrogen and oxygen atoms in total. The zero-order chi connectivity index (χ0) is 17.7. The van der Waals surface area contributed by atoms with E-state index >= 15 is 0 Å². The Balaban J connectivity index is 3.15. The van der Waals surface area contributed by atoms with Crippen LogP contribution in [0.25, 0.3) is 0 Å². The maximum Gasteiger partial charge on any atom is 0.305 e. The van der Waals surface area contributed by atoms with Crippen LogP contribution in [0.2, 0.25) is 0 Å². The van der Waals surface area contributed by atoms with E-state index in [0.717, 1.165) is 0 Å². The Kier molecular flexibility index (Phi) is 6.49. The highest BCUT2D eigenvalue weighted by molar-refractivity contribution is 5.74. The third-order valence-corrected chi connectivity index (χ3v) is 3.04. The van der Waals surface area contributed by atoms with Gasteiger partial charge in [-0.05, 0) is 6.92 Å². The number of amides is 1. The van der Waals surface area contributed by atoms with E-state index in [2.05, 4.69) is 5.32 Å². The minimum Gasteiger partial charge on any atom is -0.456 e. The minimum atomic E-state index is -1.18. The summed E-state index contributed by atoms with van der Waals surface area (Å²) in [6, 6.07) is -1.01. The second kappa shape index (κ2) is 7.91. The lowest BCUT2D eigenvalue weighted by molar-refractivity contribution is -0.261. The molecule has 0 unspecified atom stereocenters. The van der Waals surface area contributed by atoms with E-state index in [4.69, 9.17) is 18.9 Å². The van der Waals surface area contributed by atoms with Gasteiger partial charge in [-0.25, -0.2) is 0 Å². The molecule has 0 saturated carbocycles. The SMILES string of the molecule is CC(=O)N[C@@H]1[C@H](OC(C)=O)O[C@@H](C)[C@@H](OC(C)=O)[C@H]1OC(C)=O. The summed E-state index contributed by atoms with van der Waals surface area (Å²) in [5, 5.41) is 2.51. The molecule has 1 N–H and O–H groups in total. The van der Waals surface area contributed by atoms with Crippen LogP contribution in [0.4, 0.5) is 0 Å². The van der Waals surface area contributed by atoms with E-state index < -0.39 is 54.5 Å². The van der Waals surface area contributed by atoms with E-state index in [-0.39, 0.29) is 0 Å². The molecule has 0 aromatic heterocycles. The highest BCUT2D eigenvalue weighted by Crippen LogP contribution is 2.27. The Labute approximate surface area is 133 Å². The van der Waals surface area contributed by atoms with E-state index in [1.807, 2.05) is 0 Å². The third kappa shape index (κ3) is 5.51. The molecule has 1 saturated heterocycles. The zero-order valence-electron chi connectivity index (χ0n) is 13.7. The van der Waals surface area contributed by atoms with Crippen molar-refractivity contribution in [1.82, 2.24) is 5.32 Å². The van der Waals surface area contributed by atoms with Crippen LogP contribution in [0, 0.1) is 0 Å². The van der Waals surface area contributed by atoms with Crippen LogP contribution in [-0.2, 0) is 38.1 Å². The molecule has 0 spiro atoms. The lowest BCUT2D eigenvalue weighted by atomic mass is 9.96. The van der Waals surface area contributed by atoms with Gasteiger partial charge in [-0.1, -0.05) is 0 Å². The fraction of sp³-hybridized carbons (Fsp3) is 0.714. The molecule has 5 atom stereocenters. The van der Waals surface area contributed by atoms with Gasteiger partial charge in [-0.15, -0.1) is 0 Å². The molecule has 1 amide bonds.